The van der Waals surface area contributed by atoms with Gasteiger partial charge in [-0.05, 0) is 19.1 Å². The number of para-hydroxylation sites is 1. The first-order valence-corrected chi connectivity index (χ1v) is 8.12. The number of rotatable bonds is 6. The molecule has 25 heavy (non-hydrogen) atoms. The topological polar surface area (TPSA) is 55.6 Å². The lowest BCUT2D eigenvalue weighted by molar-refractivity contribution is 0.0772. The summed E-state index contributed by atoms with van der Waals surface area (Å²) in [6.07, 6.45) is 0. The van der Waals surface area contributed by atoms with E-state index in [-0.39, 0.29) is 5.91 Å². The first-order valence-electron chi connectivity index (χ1n) is 8.12. The Bertz CT molecular complexity index is 829. The van der Waals surface area contributed by atoms with Gasteiger partial charge in [0.25, 0.3) is 5.91 Å². The summed E-state index contributed by atoms with van der Waals surface area (Å²) >= 11 is 0. The number of hydrogen-bond donors (Lipinski definition) is 0. The minimum absolute atomic E-state index is 0.130. The van der Waals surface area contributed by atoms with Gasteiger partial charge in [0.05, 0.1) is 6.54 Å². The van der Waals surface area contributed by atoms with Crippen LogP contribution in [-0.2, 0) is 0 Å². The Morgan fingerprint density at radius 3 is 2.40 bits per heavy atom. The van der Waals surface area contributed by atoms with E-state index in [4.69, 9.17) is 9.26 Å². The maximum absolute atomic E-state index is 12.8. The molecule has 2 aromatic carbocycles. The third-order valence-electron chi connectivity index (χ3n) is 3.91. The van der Waals surface area contributed by atoms with Crippen molar-refractivity contribution in [3.8, 4) is 17.0 Å². The highest BCUT2D eigenvalue weighted by atomic mass is 16.5. The quantitative estimate of drug-likeness (QED) is 0.687. The Morgan fingerprint density at radius 2 is 1.72 bits per heavy atom. The van der Waals surface area contributed by atoms with Gasteiger partial charge in [0.15, 0.2) is 0 Å². The van der Waals surface area contributed by atoms with Gasteiger partial charge in [-0.2, -0.15) is 0 Å². The molecular weight excluding hydrogens is 316 g/mol. The first kappa shape index (κ1) is 16.8. The summed E-state index contributed by atoms with van der Waals surface area (Å²) in [5.41, 5.74) is 1.92. The normalized spacial score (nSPS) is 10.5. The minimum atomic E-state index is -0.130. The van der Waals surface area contributed by atoms with Crippen molar-refractivity contribution < 1.29 is 14.1 Å². The number of carbonyl (C=O) groups is 1. The molecule has 3 aromatic rings. The smallest absolute Gasteiger partial charge is 0.259 e. The van der Waals surface area contributed by atoms with Crippen LogP contribution in [0.5, 0.6) is 5.75 Å². The van der Waals surface area contributed by atoms with E-state index >= 15 is 0 Å². The van der Waals surface area contributed by atoms with Gasteiger partial charge in [-0.15, -0.1) is 0 Å². The number of aryl methyl sites for hydroxylation is 1. The zero-order valence-corrected chi connectivity index (χ0v) is 14.3. The third-order valence-corrected chi connectivity index (χ3v) is 3.91. The van der Waals surface area contributed by atoms with E-state index in [2.05, 4.69) is 5.16 Å². The Morgan fingerprint density at radius 1 is 1.08 bits per heavy atom. The van der Waals surface area contributed by atoms with Crippen molar-refractivity contribution >= 4 is 5.91 Å². The van der Waals surface area contributed by atoms with E-state index < -0.39 is 0 Å². The van der Waals surface area contributed by atoms with E-state index in [1.165, 1.54) is 0 Å². The molecule has 1 amide bonds. The third kappa shape index (κ3) is 3.88. The van der Waals surface area contributed by atoms with Crippen molar-refractivity contribution in [2.45, 2.75) is 6.92 Å². The van der Waals surface area contributed by atoms with Crippen molar-refractivity contribution in [1.82, 2.24) is 10.1 Å². The van der Waals surface area contributed by atoms with Gasteiger partial charge in [-0.25, -0.2) is 0 Å². The summed E-state index contributed by atoms with van der Waals surface area (Å²) < 4.78 is 10.9. The maximum atomic E-state index is 12.8. The average Bonchev–Trinajstić information content (AvgIpc) is 3.04. The molecule has 0 bridgehead atoms. The van der Waals surface area contributed by atoms with Crippen LogP contribution in [0.1, 0.15) is 16.1 Å². The molecule has 0 saturated carbocycles. The zero-order valence-electron chi connectivity index (χ0n) is 14.3. The molecule has 0 aliphatic carbocycles. The van der Waals surface area contributed by atoms with Gasteiger partial charge in [0, 0.05) is 12.6 Å². The summed E-state index contributed by atoms with van der Waals surface area (Å²) in [5, 5.41) is 4.06. The monoisotopic (exact) mass is 336 g/mol. The molecule has 0 radical (unpaired) electrons. The zero-order chi connectivity index (χ0) is 17.6. The lowest BCUT2D eigenvalue weighted by Gasteiger charge is -2.17. The average molecular weight is 336 g/mol. The fraction of sp³-hybridized carbons (Fsp3) is 0.200. The van der Waals surface area contributed by atoms with Crippen LogP contribution in [0.3, 0.4) is 0 Å². The number of hydrogen-bond acceptors (Lipinski definition) is 4. The predicted molar refractivity (Wildman–Crippen MR) is 95.6 cm³/mol. The van der Waals surface area contributed by atoms with E-state index in [1.807, 2.05) is 60.7 Å². The van der Waals surface area contributed by atoms with E-state index in [9.17, 15) is 4.79 Å². The molecule has 0 saturated heterocycles. The van der Waals surface area contributed by atoms with Crippen LogP contribution < -0.4 is 4.74 Å². The van der Waals surface area contributed by atoms with Gasteiger partial charge in [0.2, 0.25) is 0 Å². The van der Waals surface area contributed by atoms with Crippen molar-refractivity contribution in [3.63, 3.8) is 0 Å². The van der Waals surface area contributed by atoms with Crippen LogP contribution in [0.4, 0.5) is 0 Å². The highest BCUT2D eigenvalue weighted by Crippen LogP contribution is 2.26. The number of nitrogens with zero attached hydrogens (tertiary/aromatic N) is 2. The van der Waals surface area contributed by atoms with Crippen LogP contribution in [0.25, 0.3) is 11.3 Å². The van der Waals surface area contributed by atoms with Crippen molar-refractivity contribution in [3.05, 3.63) is 72.0 Å². The standard InChI is InChI=1S/C20H20N2O3/c1-15-18(19(21-25-15)16-9-5-3-6-10-16)20(23)22(2)13-14-24-17-11-7-4-8-12-17/h3-12H,13-14H2,1-2H3. The molecule has 1 heterocycles. The highest BCUT2D eigenvalue weighted by Gasteiger charge is 2.24. The molecule has 5 heteroatoms. The summed E-state index contributed by atoms with van der Waals surface area (Å²) in [6.45, 7) is 2.63. The second kappa shape index (κ2) is 7.66. The predicted octanol–water partition coefficient (Wildman–Crippen LogP) is 3.80. The molecule has 0 spiro atoms. The molecule has 0 N–H and O–H groups in total. The number of aromatic nitrogens is 1. The number of likely N-dealkylation sites (N-methyl/N-ethyl adjacent to an activating group) is 1. The molecule has 0 aliphatic rings. The van der Waals surface area contributed by atoms with E-state index in [0.717, 1.165) is 11.3 Å². The van der Waals surface area contributed by atoms with Crippen molar-refractivity contribution in [1.29, 1.82) is 0 Å². The number of amides is 1. The molecule has 0 unspecified atom stereocenters. The number of benzene rings is 2. The SMILES string of the molecule is Cc1onc(-c2ccccc2)c1C(=O)N(C)CCOc1ccccc1. The molecule has 5 nitrogen and oxygen atoms in total. The summed E-state index contributed by atoms with van der Waals surface area (Å²) in [6, 6.07) is 19.1. The fourth-order valence-electron chi connectivity index (χ4n) is 2.53. The number of carbonyl (C=O) groups excluding carboxylic acids is 1. The Hall–Kier alpha value is -3.08. The molecule has 1 aromatic heterocycles. The van der Waals surface area contributed by atoms with Gasteiger partial charge in [-0.1, -0.05) is 53.7 Å². The molecule has 128 valence electrons. The summed E-state index contributed by atoms with van der Waals surface area (Å²) in [7, 11) is 1.75. The second-order valence-electron chi connectivity index (χ2n) is 5.72. The van der Waals surface area contributed by atoms with Crippen LogP contribution >= 0.6 is 0 Å². The Balaban J connectivity index is 1.69. The number of ether oxygens (including phenoxy) is 1. The van der Waals surface area contributed by atoms with Crippen LogP contribution in [-0.4, -0.2) is 36.2 Å². The molecule has 0 atom stereocenters. The van der Waals surface area contributed by atoms with Crippen molar-refractivity contribution in [2.75, 3.05) is 20.2 Å². The van der Waals surface area contributed by atoms with Gasteiger partial charge in [0.1, 0.15) is 29.4 Å². The Kier molecular flexibility index (Phi) is 5.14. The lowest BCUT2D eigenvalue weighted by atomic mass is 10.1. The minimum Gasteiger partial charge on any atom is -0.492 e. The first-order chi connectivity index (χ1) is 12.2. The van der Waals surface area contributed by atoms with Gasteiger partial charge < -0.3 is 14.2 Å². The summed E-state index contributed by atoms with van der Waals surface area (Å²) in [5.74, 6) is 1.17. The largest absolute Gasteiger partial charge is 0.492 e. The fourth-order valence-corrected chi connectivity index (χ4v) is 2.53. The van der Waals surface area contributed by atoms with E-state index in [1.54, 1.807) is 18.9 Å². The van der Waals surface area contributed by atoms with Crippen LogP contribution in [0.2, 0.25) is 0 Å². The molecular formula is C20H20N2O3. The second-order valence-corrected chi connectivity index (χ2v) is 5.72. The molecule has 3 rings (SSSR count). The lowest BCUT2D eigenvalue weighted by Crippen LogP contribution is -2.31. The molecule has 0 fully saturated rings. The van der Waals surface area contributed by atoms with E-state index in [0.29, 0.717) is 30.2 Å². The highest BCUT2D eigenvalue weighted by molar-refractivity contribution is 6.00. The van der Waals surface area contributed by atoms with Gasteiger partial charge in [-0.3, -0.25) is 4.79 Å². The molecule has 0 aliphatic heterocycles. The summed E-state index contributed by atoms with van der Waals surface area (Å²) in [4.78, 5) is 14.5. The Labute approximate surface area is 146 Å². The van der Waals surface area contributed by atoms with Crippen LogP contribution in [0.15, 0.2) is 65.2 Å². The van der Waals surface area contributed by atoms with Crippen LogP contribution in [0, 0.1) is 6.92 Å². The van der Waals surface area contributed by atoms with Gasteiger partial charge >= 0.3 is 0 Å². The van der Waals surface area contributed by atoms with Crippen molar-refractivity contribution in [2.24, 2.45) is 0 Å². The maximum Gasteiger partial charge on any atom is 0.259 e.